The van der Waals surface area contributed by atoms with Gasteiger partial charge in [-0.25, -0.2) is 0 Å². The van der Waals surface area contributed by atoms with Crippen LogP contribution >= 0.6 is 0 Å². The number of carbonyl (C=O) groups excluding carboxylic acids is 1. The van der Waals surface area contributed by atoms with Gasteiger partial charge < -0.3 is 14.8 Å². The van der Waals surface area contributed by atoms with Crippen molar-refractivity contribution in [3.63, 3.8) is 0 Å². The van der Waals surface area contributed by atoms with Crippen LogP contribution in [-0.4, -0.2) is 37.9 Å². The Morgan fingerprint density at radius 2 is 2.13 bits per heavy atom. The fourth-order valence-corrected chi connectivity index (χ4v) is 2.87. The topological polar surface area (TPSA) is 47.6 Å². The summed E-state index contributed by atoms with van der Waals surface area (Å²) in [6, 6.07) is 0.405. The van der Waals surface area contributed by atoms with Crippen LogP contribution in [0.5, 0.6) is 0 Å². The summed E-state index contributed by atoms with van der Waals surface area (Å²) in [5, 5.41) is 3.34. The highest BCUT2D eigenvalue weighted by molar-refractivity contribution is 5.75. The molecule has 1 N–H and O–H groups in total. The lowest BCUT2D eigenvalue weighted by molar-refractivity contribution is -0.163. The zero-order valence-corrected chi connectivity index (χ0v) is 8.78. The van der Waals surface area contributed by atoms with E-state index < -0.39 is 0 Å². The van der Waals surface area contributed by atoms with Crippen molar-refractivity contribution in [2.24, 2.45) is 11.8 Å². The van der Waals surface area contributed by atoms with Crippen molar-refractivity contribution in [2.45, 2.75) is 31.4 Å². The number of carbonyl (C=O) groups is 1. The molecule has 84 valence electrons. The lowest BCUT2D eigenvalue weighted by Gasteiger charge is -2.34. The average Bonchev–Trinajstić information content (AvgIpc) is 2.80. The molecule has 0 amide bonds. The van der Waals surface area contributed by atoms with Gasteiger partial charge in [-0.15, -0.1) is 0 Å². The molecule has 4 rings (SSSR count). The normalized spacial score (nSPS) is 39.9. The summed E-state index contributed by atoms with van der Waals surface area (Å²) in [5.74, 6) is 0.711. The molecule has 4 nitrogen and oxygen atoms in total. The standard InChI is InChI=1S/C11H17NO3/c13-11(10-7-5-9(10)12-6-7)15-8-1-3-14-4-2-8/h7-10,12H,1-6H2/t7-,9-,10+/m1/s1. The highest BCUT2D eigenvalue weighted by Gasteiger charge is 2.51. The van der Waals surface area contributed by atoms with Gasteiger partial charge in [0, 0.05) is 18.9 Å². The van der Waals surface area contributed by atoms with Crippen LogP contribution in [0.1, 0.15) is 19.3 Å². The van der Waals surface area contributed by atoms with Gasteiger partial charge in [0.2, 0.25) is 0 Å². The second-order valence-electron chi connectivity index (χ2n) is 4.78. The summed E-state index contributed by atoms with van der Waals surface area (Å²) in [4.78, 5) is 11.9. The summed E-state index contributed by atoms with van der Waals surface area (Å²) >= 11 is 0. The van der Waals surface area contributed by atoms with E-state index in [0.717, 1.165) is 39.0 Å². The third-order valence-corrected chi connectivity index (χ3v) is 3.86. The van der Waals surface area contributed by atoms with E-state index in [1.165, 1.54) is 0 Å². The Labute approximate surface area is 89.3 Å². The molecule has 3 atom stereocenters. The maximum Gasteiger partial charge on any atom is 0.311 e. The van der Waals surface area contributed by atoms with Crippen molar-refractivity contribution in [1.82, 2.24) is 5.32 Å². The number of esters is 1. The highest BCUT2D eigenvalue weighted by Crippen LogP contribution is 2.41. The van der Waals surface area contributed by atoms with Crippen molar-refractivity contribution in [2.75, 3.05) is 19.8 Å². The molecule has 0 aromatic rings. The van der Waals surface area contributed by atoms with Gasteiger partial charge in [0.1, 0.15) is 6.10 Å². The van der Waals surface area contributed by atoms with Crippen molar-refractivity contribution in [3.8, 4) is 0 Å². The van der Waals surface area contributed by atoms with Gasteiger partial charge in [0.25, 0.3) is 0 Å². The minimum Gasteiger partial charge on any atom is -0.462 e. The average molecular weight is 211 g/mol. The van der Waals surface area contributed by atoms with Crippen molar-refractivity contribution < 1.29 is 14.3 Å². The molecule has 15 heavy (non-hydrogen) atoms. The SMILES string of the molecule is O=C(OC1CCOCC1)[C@H]1[C@H]2CN[C@@H]1C2. The second kappa shape index (κ2) is 3.76. The molecular weight excluding hydrogens is 194 g/mol. The summed E-state index contributed by atoms with van der Waals surface area (Å²) in [5.41, 5.74) is 0. The molecule has 1 saturated carbocycles. The van der Waals surface area contributed by atoms with Crippen molar-refractivity contribution >= 4 is 5.97 Å². The predicted molar refractivity (Wildman–Crippen MR) is 53.3 cm³/mol. The molecule has 0 aromatic heterocycles. The number of fused-ring (bicyclic) bond motifs is 1. The molecule has 0 aromatic carbocycles. The third kappa shape index (κ3) is 1.66. The van der Waals surface area contributed by atoms with Crippen LogP contribution in [0, 0.1) is 11.8 Å². The molecule has 4 aliphatic rings. The van der Waals surface area contributed by atoms with Crippen LogP contribution in [0.2, 0.25) is 0 Å². The first kappa shape index (κ1) is 9.60. The van der Waals surface area contributed by atoms with Gasteiger partial charge in [-0.3, -0.25) is 4.79 Å². The number of hydrogen-bond acceptors (Lipinski definition) is 4. The van der Waals surface area contributed by atoms with Gasteiger partial charge in [-0.05, 0) is 18.9 Å². The van der Waals surface area contributed by atoms with E-state index in [4.69, 9.17) is 9.47 Å². The summed E-state index contributed by atoms with van der Waals surface area (Å²) < 4.78 is 10.8. The van der Waals surface area contributed by atoms with Crippen molar-refractivity contribution in [3.05, 3.63) is 0 Å². The predicted octanol–water partition coefficient (Wildman–Crippen LogP) is 0.317. The lowest BCUT2D eigenvalue weighted by atomic mass is 9.74. The fourth-order valence-electron chi connectivity index (χ4n) is 2.87. The van der Waals surface area contributed by atoms with Crippen LogP contribution in [-0.2, 0) is 14.3 Å². The van der Waals surface area contributed by atoms with Gasteiger partial charge in [0.05, 0.1) is 19.1 Å². The fraction of sp³-hybridized carbons (Fsp3) is 0.909. The van der Waals surface area contributed by atoms with E-state index in [-0.39, 0.29) is 18.0 Å². The quantitative estimate of drug-likeness (QED) is 0.668. The number of rotatable bonds is 2. The Bertz CT molecular complexity index is 249. The van der Waals surface area contributed by atoms with Crippen LogP contribution in [0.15, 0.2) is 0 Å². The molecule has 3 saturated heterocycles. The minimum atomic E-state index is 0.0214. The van der Waals surface area contributed by atoms with Gasteiger partial charge >= 0.3 is 5.97 Å². The first-order chi connectivity index (χ1) is 7.34. The Hall–Kier alpha value is -0.610. The highest BCUT2D eigenvalue weighted by atomic mass is 16.6. The molecular formula is C11H17NO3. The minimum absolute atomic E-state index is 0.0214. The van der Waals surface area contributed by atoms with E-state index in [0.29, 0.717) is 12.0 Å². The molecule has 3 aliphatic heterocycles. The molecule has 1 aliphatic carbocycles. The lowest BCUT2D eigenvalue weighted by Crippen LogP contribution is -2.44. The van der Waals surface area contributed by atoms with E-state index in [2.05, 4.69) is 5.32 Å². The van der Waals surface area contributed by atoms with Crippen LogP contribution in [0.4, 0.5) is 0 Å². The zero-order chi connectivity index (χ0) is 10.3. The van der Waals surface area contributed by atoms with E-state index in [1.54, 1.807) is 0 Å². The maximum absolute atomic E-state index is 11.9. The van der Waals surface area contributed by atoms with E-state index in [9.17, 15) is 4.79 Å². The summed E-state index contributed by atoms with van der Waals surface area (Å²) in [7, 11) is 0. The van der Waals surface area contributed by atoms with Gasteiger partial charge in [-0.2, -0.15) is 0 Å². The molecule has 4 fully saturated rings. The molecule has 0 radical (unpaired) electrons. The largest absolute Gasteiger partial charge is 0.462 e. The van der Waals surface area contributed by atoms with Gasteiger partial charge in [0.15, 0.2) is 0 Å². The first-order valence-electron chi connectivity index (χ1n) is 5.86. The van der Waals surface area contributed by atoms with E-state index >= 15 is 0 Å². The van der Waals surface area contributed by atoms with Gasteiger partial charge in [-0.1, -0.05) is 0 Å². The third-order valence-electron chi connectivity index (χ3n) is 3.86. The maximum atomic E-state index is 11.9. The first-order valence-corrected chi connectivity index (χ1v) is 5.86. The number of hydrogen-bond donors (Lipinski definition) is 1. The van der Waals surface area contributed by atoms with E-state index in [1.807, 2.05) is 0 Å². The Balaban J connectivity index is 1.52. The van der Waals surface area contributed by atoms with Crippen LogP contribution in [0.3, 0.4) is 0 Å². The van der Waals surface area contributed by atoms with Crippen LogP contribution < -0.4 is 5.32 Å². The Morgan fingerprint density at radius 1 is 1.33 bits per heavy atom. The summed E-state index contributed by atoms with van der Waals surface area (Å²) in [6.45, 7) is 2.46. The zero-order valence-electron chi connectivity index (χ0n) is 8.78. The molecule has 0 unspecified atom stereocenters. The molecule has 3 heterocycles. The number of ether oxygens (including phenoxy) is 2. The Kier molecular flexibility index (Phi) is 2.41. The van der Waals surface area contributed by atoms with Crippen molar-refractivity contribution in [1.29, 1.82) is 0 Å². The van der Waals surface area contributed by atoms with Crippen LogP contribution in [0.25, 0.3) is 0 Å². The second-order valence-corrected chi connectivity index (χ2v) is 4.78. The monoisotopic (exact) mass is 211 g/mol. The number of nitrogens with one attached hydrogen (secondary N) is 1. The Morgan fingerprint density at radius 3 is 2.73 bits per heavy atom. The molecule has 4 heteroatoms. The smallest absolute Gasteiger partial charge is 0.311 e. The molecule has 0 spiro atoms. The molecule has 2 bridgehead atoms. The summed E-state index contributed by atoms with van der Waals surface area (Å²) in [6.07, 6.45) is 2.99.